The normalized spacial score (nSPS) is 25.6. The predicted molar refractivity (Wildman–Crippen MR) is 54.5 cm³/mol. The van der Waals surface area contributed by atoms with Crippen LogP contribution in [0.3, 0.4) is 0 Å². The second kappa shape index (κ2) is 4.11. The van der Waals surface area contributed by atoms with E-state index < -0.39 is 0 Å². The zero-order valence-corrected chi connectivity index (χ0v) is 8.66. The van der Waals surface area contributed by atoms with Gasteiger partial charge in [-0.2, -0.15) is 5.10 Å². The van der Waals surface area contributed by atoms with Crippen LogP contribution in [0.1, 0.15) is 12.8 Å². The average molecular weight is 214 g/mol. The lowest BCUT2D eigenvalue weighted by Crippen LogP contribution is -2.40. The second-order valence-electron chi connectivity index (χ2n) is 3.44. The molecular formula is C9H12ClN3O. The maximum atomic E-state index is 5.71. The Bertz CT molecular complexity index is 315. The summed E-state index contributed by atoms with van der Waals surface area (Å²) in [5, 5.41) is 11.2. The summed E-state index contributed by atoms with van der Waals surface area (Å²) in [6.45, 7) is 0. The fourth-order valence-corrected chi connectivity index (χ4v) is 1.69. The maximum Gasteiger partial charge on any atom is 0.153 e. The summed E-state index contributed by atoms with van der Waals surface area (Å²) in [6.07, 6.45) is 4.15. The smallest absolute Gasteiger partial charge is 0.153 e. The molecule has 1 N–H and O–H groups in total. The molecule has 5 heteroatoms. The molecule has 4 nitrogen and oxygen atoms in total. The van der Waals surface area contributed by atoms with Gasteiger partial charge in [0.1, 0.15) is 0 Å². The summed E-state index contributed by atoms with van der Waals surface area (Å²) in [7, 11) is 1.74. The van der Waals surface area contributed by atoms with Crippen molar-refractivity contribution >= 4 is 17.3 Å². The zero-order chi connectivity index (χ0) is 9.97. The molecule has 0 unspecified atom stereocenters. The Morgan fingerprint density at radius 2 is 2.36 bits per heavy atom. The van der Waals surface area contributed by atoms with Gasteiger partial charge in [0.05, 0.1) is 18.0 Å². The number of methoxy groups -OCH3 is 1. The van der Waals surface area contributed by atoms with Gasteiger partial charge in [0.2, 0.25) is 0 Å². The van der Waals surface area contributed by atoms with Crippen LogP contribution in [0.2, 0.25) is 5.15 Å². The minimum Gasteiger partial charge on any atom is -0.381 e. The SMILES string of the molecule is COC1CC(Nc2cnnc(Cl)c2)C1. The number of nitrogens with zero attached hydrogens (tertiary/aromatic N) is 2. The molecule has 1 aromatic heterocycles. The molecule has 0 amide bonds. The Morgan fingerprint density at radius 3 is 3.00 bits per heavy atom. The predicted octanol–water partition coefficient (Wildman–Crippen LogP) is 1.72. The Labute approximate surface area is 87.6 Å². The van der Waals surface area contributed by atoms with E-state index >= 15 is 0 Å². The van der Waals surface area contributed by atoms with E-state index in [4.69, 9.17) is 16.3 Å². The minimum absolute atomic E-state index is 0.401. The van der Waals surface area contributed by atoms with Gasteiger partial charge in [-0.25, -0.2) is 0 Å². The van der Waals surface area contributed by atoms with E-state index in [1.807, 2.05) is 0 Å². The van der Waals surface area contributed by atoms with Gasteiger partial charge < -0.3 is 10.1 Å². The van der Waals surface area contributed by atoms with Gasteiger partial charge in [0, 0.05) is 19.2 Å². The lowest BCUT2D eigenvalue weighted by atomic mass is 9.89. The molecule has 1 heterocycles. The quantitative estimate of drug-likeness (QED) is 0.831. The third-order valence-corrected chi connectivity index (χ3v) is 2.61. The molecule has 0 saturated heterocycles. The number of hydrogen-bond donors (Lipinski definition) is 1. The summed E-state index contributed by atoms with van der Waals surface area (Å²) < 4.78 is 5.18. The molecule has 0 aromatic carbocycles. The van der Waals surface area contributed by atoms with Crippen molar-refractivity contribution in [1.82, 2.24) is 10.2 Å². The molecule has 0 atom stereocenters. The van der Waals surface area contributed by atoms with E-state index in [9.17, 15) is 0 Å². The van der Waals surface area contributed by atoms with Gasteiger partial charge in [-0.3, -0.25) is 0 Å². The lowest BCUT2D eigenvalue weighted by molar-refractivity contribution is 0.0328. The van der Waals surface area contributed by atoms with E-state index in [0.29, 0.717) is 17.3 Å². The Balaban J connectivity index is 1.87. The summed E-state index contributed by atoms with van der Waals surface area (Å²) >= 11 is 5.71. The maximum absolute atomic E-state index is 5.71. The van der Waals surface area contributed by atoms with E-state index in [-0.39, 0.29) is 0 Å². The van der Waals surface area contributed by atoms with Crippen molar-refractivity contribution in [2.24, 2.45) is 0 Å². The van der Waals surface area contributed by atoms with Crippen LogP contribution in [0.4, 0.5) is 5.69 Å². The molecule has 0 radical (unpaired) electrons. The van der Waals surface area contributed by atoms with Crippen LogP contribution >= 0.6 is 11.6 Å². The van der Waals surface area contributed by atoms with Gasteiger partial charge in [-0.15, -0.1) is 5.10 Å². The van der Waals surface area contributed by atoms with Crippen molar-refractivity contribution in [2.75, 3.05) is 12.4 Å². The van der Waals surface area contributed by atoms with Crippen molar-refractivity contribution < 1.29 is 4.74 Å². The Morgan fingerprint density at radius 1 is 1.57 bits per heavy atom. The van der Waals surface area contributed by atoms with Crippen LogP contribution in [0, 0.1) is 0 Å². The molecule has 14 heavy (non-hydrogen) atoms. The van der Waals surface area contributed by atoms with Crippen molar-refractivity contribution in [3.05, 3.63) is 17.4 Å². The highest BCUT2D eigenvalue weighted by atomic mass is 35.5. The number of anilines is 1. The third kappa shape index (κ3) is 2.13. The first-order valence-corrected chi connectivity index (χ1v) is 4.93. The van der Waals surface area contributed by atoms with Crippen LogP contribution < -0.4 is 5.32 Å². The molecule has 1 aliphatic carbocycles. The van der Waals surface area contributed by atoms with Crippen molar-refractivity contribution in [2.45, 2.75) is 25.0 Å². The van der Waals surface area contributed by atoms with E-state index in [2.05, 4.69) is 15.5 Å². The largest absolute Gasteiger partial charge is 0.381 e. The van der Waals surface area contributed by atoms with E-state index in [0.717, 1.165) is 18.5 Å². The van der Waals surface area contributed by atoms with Crippen molar-refractivity contribution in [3.63, 3.8) is 0 Å². The van der Waals surface area contributed by atoms with Crippen LogP contribution in [-0.2, 0) is 4.74 Å². The van der Waals surface area contributed by atoms with Crippen molar-refractivity contribution in [3.8, 4) is 0 Å². The molecule has 0 bridgehead atoms. The number of hydrogen-bond acceptors (Lipinski definition) is 4. The highest BCUT2D eigenvalue weighted by molar-refractivity contribution is 6.29. The van der Waals surface area contributed by atoms with Gasteiger partial charge in [0.25, 0.3) is 0 Å². The molecular weight excluding hydrogens is 202 g/mol. The fourth-order valence-electron chi connectivity index (χ4n) is 1.53. The monoisotopic (exact) mass is 213 g/mol. The molecule has 0 aliphatic heterocycles. The van der Waals surface area contributed by atoms with E-state index in [1.54, 1.807) is 19.4 Å². The third-order valence-electron chi connectivity index (χ3n) is 2.42. The summed E-state index contributed by atoms with van der Waals surface area (Å²) in [5.74, 6) is 0. The molecule has 1 saturated carbocycles. The highest BCUT2D eigenvalue weighted by Crippen LogP contribution is 2.26. The Hall–Kier alpha value is -0.870. The topological polar surface area (TPSA) is 47.0 Å². The first-order valence-electron chi connectivity index (χ1n) is 4.55. The molecule has 1 aliphatic rings. The average Bonchev–Trinajstić information content (AvgIpc) is 2.10. The molecule has 1 aromatic rings. The van der Waals surface area contributed by atoms with Gasteiger partial charge in [-0.05, 0) is 12.8 Å². The van der Waals surface area contributed by atoms with E-state index in [1.165, 1.54) is 0 Å². The molecule has 0 spiro atoms. The number of rotatable bonds is 3. The highest BCUT2D eigenvalue weighted by Gasteiger charge is 2.28. The first kappa shape index (κ1) is 9.68. The van der Waals surface area contributed by atoms with Gasteiger partial charge in [0.15, 0.2) is 5.15 Å². The zero-order valence-electron chi connectivity index (χ0n) is 7.90. The van der Waals surface area contributed by atoms with Gasteiger partial charge >= 0.3 is 0 Å². The number of aromatic nitrogens is 2. The molecule has 2 rings (SSSR count). The van der Waals surface area contributed by atoms with Crippen LogP contribution in [0.15, 0.2) is 12.3 Å². The van der Waals surface area contributed by atoms with Crippen LogP contribution in [-0.4, -0.2) is 29.5 Å². The van der Waals surface area contributed by atoms with Crippen LogP contribution in [0.5, 0.6) is 0 Å². The number of halogens is 1. The molecule has 76 valence electrons. The number of nitrogens with one attached hydrogen (secondary N) is 1. The summed E-state index contributed by atoms with van der Waals surface area (Å²) in [4.78, 5) is 0. The van der Waals surface area contributed by atoms with Crippen LogP contribution in [0.25, 0.3) is 0 Å². The fraction of sp³-hybridized carbons (Fsp3) is 0.556. The first-order chi connectivity index (χ1) is 6.78. The second-order valence-corrected chi connectivity index (χ2v) is 3.82. The van der Waals surface area contributed by atoms with Crippen molar-refractivity contribution in [1.29, 1.82) is 0 Å². The minimum atomic E-state index is 0.401. The summed E-state index contributed by atoms with van der Waals surface area (Å²) in [5.41, 5.74) is 0.921. The number of ether oxygens (including phenoxy) is 1. The van der Waals surface area contributed by atoms with Gasteiger partial charge in [-0.1, -0.05) is 11.6 Å². The Kier molecular flexibility index (Phi) is 2.84. The summed E-state index contributed by atoms with van der Waals surface area (Å²) in [6, 6.07) is 2.24. The standard InChI is InChI=1S/C9H12ClN3O/c1-14-8-2-6(3-8)12-7-4-9(10)13-11-5-7/h4-6,8H,2-3H2,1H3,(H,12,13). The molecule has 1 fully saturated rings. The lowest BCUT2D eigenvalue weighted by Gasteiger charge is -2.35.